The molecule has 0 bridgehead atoms. The van der Waals surface area contributed by atoms with Crippen molar-refractivity contribution in [2.24, 2.45) is 11.8 Å². The number of hydrogen-bond acceptors (Lipinski definition) is 2. The molecule has 2 saturated heterocycles. The van der Waals surface area contributed by atoms with Gasteiger partial charge >= 0.3 is 6.03 Å². The third kappa shape index (κ3) is 2.73. The van der Waals surface area contributed by atoms with Gasteiger partial charge in [-0.25, -0.2) is 4.79 Å². The SMILES string of the molecule is CC(C)C(C)NC(=O)N1CC[C@@H]2CCNC[C@@H]21. The van der Waals surface area contributed by atoms with Crippen LogP contribution < -0.4 is 10.6 Å². The summed E-state index contributed by atoms with van der Waals surface area (Å²) >= 11 is 0. The number of nitrogens with zero attached hydrogens (tertiary/aromatic N) is 1. The molecule has 2 aliphatic rings. The summed E-state index contributed by atoms with van der Waals surface area (Å²) in [6.45, 7) is 9.36. The highest BCUT2D eigenvalue weighted by atomic mass is 16.2. The maximum Gasteiger partial charge on any atom is 0.317 e. The summed E-state index contributed by atoms with van der Waals surface area (Å²) in [6, 6.07) is 0.795. The summed E-state index contributed by atoms with van der Waals surface area (Å²) in [4.78, 5) is 14.2. The summed E-state index contributed by atoms with van der Waals surface area (Å²) < 4.78 is 0. The van der Waals surface area contributed by atoms with Gasteiger partial charge in [-0.3, -0.25) is 0 Å². The molecule has 3 atom stereocenters. The Bertz CT molecular complexity index is 280. The molecule has 0 radical (unpaired) electrons. The van der Waals surface area contributed by atoms with E-state index in [0.29, 0.717) is 12.0 Å². The number of rotatable bonds is 2. The van der Waals surface area contributed by atoms with Gasteiger partial charge in [0.2, 0.25) is 0 Å². The fourth-order valence-corrected chi connectivity index (χ4v) is 2.77. The number of carbonyl (C=O) groups is 1. The van der Waals surface area contributed by atoms with Crippen molar-refractivity contribution >= 4 is 6.03 Å². The Balaban J connectivity index is 1.91. The minimum Gasteiger partial charge on any atom is -0.335 e. The number of likely N-dealkylation sites (tertiary alicyclic amines) is 1. The molecule has 1 unspecified atom stereocenters. The van der Waals surface area contributed by atoms with Gasteiger partial charge < -0.3 is 15.5 Å². The van der Waals surface area contributed by atoms with Crippen LogP contribution in [0.3, 0.4) is 0 Å². The first-order chi connectivity index (χ1) is 8.09. The first-order valence-corrected chi connectivity index (χ1v) is 6.87. The zero-order valence-corrected chi connectivity index (χ0v) is 11.2. The summed E-state index contributed by atoms with van der Waals surface area (Å²) in [7, 11) is 0. The lowest BCUT2D eigenvalue weighted by atomic mass is 9.93. The van der Waals surface area contributed by atoms with Crippen molar-refractivity contribution in [3.8, 4) is 0 Å². The van der Waals surface area contributed by atoms with Crippen LogP contribution in [-0.2, 0) is 0 Å². The molecule has 0 spiro atoms. The average Bonchev–Trinajstić information content (AvgIpc) is 2.72. The van der Waals surface area contributed by atoms with Crippen LogP contribution in [0, 0.1) is 11.8 Å². The Morgan fingerprint density at radius 2 is 2.12 bits per heavy atom. The number of nitrogens with one attached hydrogen (secondary N) is 2. The van der Waals surface area contributed by atoms with E-state index in [4.69, 9.17) is 0 Å². The Kier molecular flexibility index (Phi) is 3.92. The van der Waals surface area contributed by atoms with Crippen LogP contribution in [0.15, 0.2) is 0 Å². The lowest BCUT2D eigenvalue weighted by Crippen LogP contribution is -2.52. The average molecular weight is 239 g/mol. The van der Waals surface area contributed by atoms with E-state index in [0.717, 1.165) is 25.6 Å². The molecule has 0 aromatic heterocycles. The van der Waals surface area contributed by atoms with Crippen LogP contribution >= 0.6 is 0 Å². The molecule has 4 nitrogen and oxygen atoms in total. The van der Waals surface area contributed by atoms with E-state index < -0.39 is 0 Å². The standard InChI is InChI=1S/C13H25N3O/c1-9(2)10(3)15-13(17)16-7-5-11-4-6-14-8-12(11)16/h9-12,14H,4-8H2,1-3H3,(H,15,17)/t10?,11-,12-/m0/s1. The minimum absolute atomic E-state index is 0.127. The zero-order valence-electron chi connectivity index (χ0n) is 11.2. The second kappa shape index (κ2) is 5.25. The Labute approximate surface area is 104 Å². The lowest BCUT2D eigenvalue weighted by molar-refractivity contribution is 0.170. The number of fused-ring (bicyclic) bond motifs is 1. The Morgan fingerprint density at radius 1 is 1.35 bits per heavy atom. The van der Waals surface area contributed by atoms with Crippen LogP contribution in [-0.4, -0.2) is 42.6 Å². The number of amides is 2. The van der Waals surface area contributed by atoms with Gasteiger partial charge in [0.15, 0.2) is 0 Å². The second-order valence-corrected chi connectivity index (χ2v) is 5.78. The number of urea groups is 1. The first kappa shape index (κ1) is 12.7. The molecule has 0 saturated carbocycles. The van der Waals surface area contributed by atoms with Crippen LogP contribution in [0.4, 0.5) is 4.79 Å². The molecule has 17 heavy (non-hydrogen) atoms. The third-order valence-electron chi connectivity index (χ3n) is 4.34. The topological polar surface area (TPSA) is 44.4 Å². The summed E-state index contributed by atoms with van der Waals surface area (Å²) in [5, 5.41) is 6.51. The van der Waals surface area contributed by atoms with E-state index in [1.54, 1.807) is 0 Å². The van der Waals surface area contributed by atoms with Gasteiger partial charge in [0, 0.05) is 25.2 Å². The summed E-state index contributed by atoms with van der Waals surface area (Å²) in [6.07, 6.45) is 2.39. The lowest BCUT2D eigenvalue weighted by Gasteiger charge is -2.33. The van der Waals surface area contributed by atoms with Crippen molar-refractivity contribution in [2.45, 2.75) is 45.7 Å². The smallest absolute Gasteiger partial charge is 0.317 e. The highest BCUT2D eigenvalue weighted by Crippen LogP contribution is 2.28. The molecule has 2 fully saturated rings. The van der Waals surface area contributed by atoms with Gasteiger partial charge in [-0.2, -0.15) is 0 Å². The van der Waals surface area contributed by atoms with Crippen molar-refractivity contribution in [3.63, 3.8) is 0 Å². The molecule has 98 valence electrons. The quantitative estimate of drug-likeness (QED) is 0.765. The van der Waals surface area contributed by atoms with E-state index in [9.17, 15) is 4.79 Å². The van der Waals surface area contributed by atoms with Gasteiger partial charge in [0.05, 0.1) is 0 Å². The summed E-state index contributed by atoms with van der Waals surface area (Å²) in [5.41, 5.74) is 0. The molecule has 0 aromatic carbocycles. The van der Waals surface area contributed by atoms with E-state index in [1.165, 1.54) is 12.8 Å². The first-order valence-electron chi connectivity index (χ1n) is 6.87. The molecule has 2 N–H and O–H groups in total. The van der Waals surface area contributed by atoms with E-state index in [2.05, 4.69) is 31.4 Å². The maximum atomic E-state index is 12.2. The van der Waals surface area contributed by atoms with Gasteiger partial charge in [-0.15, -0.1) is 0 Å². The second-order valence-electron chi connectivity index (χ2n) is 5.78. The summed E-state index contributed by atoms with van der Waals surface area (Å²) in [5.74, 6) is 1.21. The zero-order chi connectivity index (χ0) is 12.4. The van der Waals surface area contributed by atoms with Gasteiger partial charge in [-0.1, -0.05) is 13.8 Å². The van der Waals surface area contributed by atoms with Gasteiger partial charge in [0.1, 0.15) is 0 Å². The van der Waals surface area contributed by atoms with Crippen molar-refractivity contribution in [1.29, 1.82) is 0 Å². The molecular formula is C13H25N3O. The molecule has 0 aliphatic carbocycles. The molecular weight excluding hydrogens is 214 g/mol. The highest BCUT2D eigenvalue weighted by Gasteiger charge is 2.38. The highest BCUT2D eigenvalue weighted by molar-refractivity contribution is 5.75. The Hall–Kier alpha value is -0.770. The van der Waals surface area contributed by atoms with Crippen LogP contribution in [0.1, 0.15) is 33.6 Å². The predicted molar refractivity (Wildman–Crippen MR) is 68.9 cm³/mol. The molecule has 2 heterocycles. The van der Waals surface area contributed by atoms with Crippen molar-refractivity contribution in [1.82, 2.24) is 15.5 Å². The maximum absolute atomic E-state index is 12.2. The minimum atomic E-state index is 0.127. The normalized spacial score (nSPS) is 30.2. The van der Waals surface area contributed by atoms with Gasteiger partial charge in [-0.05, 0) is 38.1 Å². The fourth-order valence-electron chi connectivity index (χ4n) is 2.77. The molecule has 2 aliphatic heterocycles. The molecule has 2 rings (SSSR count). The fraction of sp³-hybridized carbons (Fsp3) is 0.923. The predicted octanol–water partition coefficient (Wildman–Crippen LogP) is 1.42. The Morgan fingerprint density at radius 3 is 2.82 bits per heavy atom. The largest absolute Gasteiger partial charge is 0.335 e. The number of carbonyl (C=O) groups excluding carboxylic acids is 1. The van der Waals surface area contributed by atoms with Crippen LogP contribution in [0.5, 0.6) is 0 Å². The van der Waals surface area contributed by atoms with E-state index in [1.807, 2.05) is 4.90 Å². The van der Waals surface area contributed by atoms with Crippen LogP contribution in [0.2, 0.25) is 0 Å². The van der Waals surface area contributed by atoms with Crippen molar-refractivity contribution in [2.75, 3.05) is 19.6 Å². The van der Waals surface area contributed by atoms with E-state index in [-0.39, 0.29) is 12.1 Å². The van der Waals surface area contributed by atoms with Crippen molar-refractivity contribution in [3.05, 3.63) is 0 Å². The van der Waals surface area contributed by atoms with Gasteiger partial charge in [0.25, 0.3) is 0 Å². The number of piperidine rings is 1. The molecule has 4 heteroatoms. The number of hydrogen-bond donors (Lipinski definition) is 2. The monoisotopic (exact) mass is 239 g/mol. The molecule has 2 amide bonds. The van der Waals surface area contributed by atoms with Crippen LogP contribution in [0.25, 0.3) is 0 Å². The third-order valence-corrected chi connectivity index (χ3v) is 4.34. The van der Waals surface area contributed by atoms with Crippen molar-refractivity contribution < 1.29 is 4.79 Å². The van der Waals surface area contributed by atoms with E-state index >= 15 is 0 Å². The molecule has 0 aromatic rings.